The van der Waals surface area contributed by atoms with Gasteiger partial charge in [0.2, 0.25) is 11.8 Å². The van der Waals surface area contributed by atoms with E-state index in [-0.39, 0.29) is 28.6 Å². The van der Waals surface area contributed by atoms with Crippen molar-refractivity contribution in [3.8, 4) is 5.75 Å². The molecule has 4 amide bonds. The number of rotatable bonds is 7. The summed E-state index contributed by atoms with van der Waals surface area (Å²) in [5.74, 6) is -2.00. The second-order valence-electron chi connectivity index (χ2n) is 7.50. The van der Waals surface area contributed by atoms with E-state index in [0.717, 1.165) is 6.07 Å². The van der Waals surface area contributed by atoms with E-state index in [1.165, 1.54) is 63.4 Å². The molecule has 0 aliphatic heterocycles. The van der Waals surface area contributed by atoms with Gasteiger partial charge < -0.3 is 26.0 Å². The average Bonchev–Trinajstić information content (AvgIpc) is 2.78. The summed E-state index contributed by atoms with van der Waals surface area (Å²) >= 11 is 0. The SMILES string of the molecule is COc1ccc(NC(=O)c2cc(NC(C)=O)cc(NC(C)=O)c2)cc1NC(=O)c1cccc(F)c1. The van der Waals surface area contributed by atoms with Gasteiger partial charge in [0.1, 0.15) is 11.6 Å². The van der Waals surface area contributed by atoms with Crippen LogP contribution >= 0.6 is 0 Å². The van der Waals surface area contributed by atoms with Crippen LogP contribution in [0, 0.1) is 5.82 Å². The maximum Gasteiger partial charge on any atom is 0.255 e. The van der Waals surface area contributed by atoms with Crippen molar-refractivity contribution in [1.82, 2.24) is 0 Å². The molecule has 3 aromatic rings. The van der Waals surface area contributed by atoms with Crippen LogP contribution in [-0.4, -0.2) is 30.7 Å². The third-order valence-electron chi connectivity index (χ3n) is 4.63. The molecule has 9 nitrogen and oxygen atoms in total. The number of anilines is 4. The van der Waals surface area contributed by atoms with Gasteiger partial charge in [0.05, 0.1) is 12.8 Å². The first-order valence-corrected chi connectivity index (χ1v) is 10.4. The van der Waals surface area contributed by atoms with Crippen LogP contribution < -0.4 is 26.0 Å². The minimum atomic E-state index is -0.561. The molecule has 0 saturated heterocycles. The molecule has 0 radical (unpaired) electrons. The first-order valence-electron chi connectivity index (χ1n) is 10.4. The molecule has 0 aliphatic carbocycles. The predicted molar refractivity (Wildman–Crippen MR) is 130 cm³/mol. The van der Waals surface area contributed by atoms with Gasteiger partial charge in [-0.05, 0) is 54.6 Å². The van der Waals surface area contributed by atoms with Crippen LogP contribution in [0.15, 0.2) is 60.7 Å². The van der Waals surface area contributed by atoms with Gasteiger partial charge in [0, 0.05) is 42.0 Å². The van der Waals surface area contributed by atoms with Crippen molar-refractivity contribution < 1.29 is 28.3 Å². The van der Waals surface area contributed by atoms with Crippen molar-refractivity contribution in [2.24, 2.45) is 0 Å². The number of nitrogens with one attached hydrogen (secondary N) is 4. The summed E-state index contributed by atoms with van der Waals surface area (Å²) in [5, 5.41) is 10.5. The van der Waals surface area contributed by atoms with Crippen LogP contribution in [0.4, 0.5) is 27.1 Å². The first kappa shape index (κ1) is 24.9. The highest BCUT2D eigenvalue weighted by Crippen LogP contribution is 2.29. The lowest BCUT2D eigenvalue weighted by molar-refractivity contribution is -0.115. The van der Waals surface area contributed by atoms with Crippen LogP contribution in [0.1, 0.15) is 34.6 Å². The number of amides is 4. The Labute approximate surface area is 200 Å². The summed E-state index contributed by atoms with van der Waals surface area (Å²) in [6.07, 6.45) is 0. The molecule has 0 spiro atoms. The van der Waals surface area contributed by atoms with Gasteiger partial charge in [-0.15, -0.1) is 0 Å². The standard InChI is InChI=1S/C25H23FN4O5/c1-14(31)27-20-10-17(11-21(12-20)28-15(2)32)25(34)29-19-7-8-23(35-3)22(13-19)30-24(33)16-5-4-6-18(26)9-16/h4-13H,1-3H3,(H,27,31)(H,28,32)(H,29,34)(H,30,33). The molecule has 180 valence electrons. The topological polar surface area (TPSA) is 126 Å². The van der Waals surface area contributed by atoms with Gasteiger partial charge in [-0.2, -0.15) is 0 Å². The fourth-order valence-corrected chi connectivity index (χ4v) is 3.22. The van der Waals surface area contributed by atoms with Gasteiger partial charge in [0.15, 0.2) is 0 Å². The minimum Gasteiger partial charge on any atom is -0.495 e. The number of methoxy groups -OCH3 is 1. The summed E-state index contributed by atoms with van der Waals surface area (Å²) < 4.78 is 18.8. The van der Waals surface area contributed by atoms with E-state index < -0.39 is 17.6 Å². The van der Waals surface area contributed by atoms with E-state index in [1.54, 1.807) is 12.1 Å². The molecule has 0 aromatic heterocycles. The number of hydrogen-bond donors (Lipinski definition) is 4. The zero-order chi connectivity index (χ0) is 25.5. The molecule has 3 aromatic carbocycles. The van der Waals surface area contributed by atoms with E-state index in [2.05, 4.69) is 21.3 Å². The molecule has 0 heterocycles. The highest BCUT2D eigenvalue weighted by Gasteiger charge is 2.15. The molecule has 0 unspecified atom stereocenters. The van der Waals surface area contributed by atoms with Crippen molar-refractivity contribution >= 4 is 46.4 Å². The number of ether oxygens (including phenoxy) is 1. The van der Waals surface area contributed by atoms with Gasteiger partial charge in [0.25, 0.3) is 11.8 Å². The maximum atomic E-state index is 13.5. The molecule has 0 bridgehead atoms. The second kappa shape index (κ2) is 10.9. The van der Waals surface area contributed by atoms with E-state index in [1.807, 2.05) is 0 Å². The Morgan fingerprint density at radius 3 is 1.89 bits per heavy atom. The molecular weight excluding hydrogens is 455 g/mol. The molecule has 3 rings (SSSR count). The Hall–Kier alpha value is -4.73. The van der Waals surface area contributed by atoms with E-state index in [9.17, 15) is 23.6 Å². The molecule has 0 atom stereocenters. The summed E-state index contributed by atoms with van der Waals surface area (Å²) in [6.45, 7) is 2.64. The normalized spacial score (nSPS) is 10.2. The fraction of sp³-hybridized carbons (Fsp3) is 0.120. The van der Waals surface area contributed by atoms with Gasteiger partial charge >= 0.3 is 0 Å². The Balaban J connectivity index is 1.86. The van der Waals surface area contributed by atoms with Crippen molar-refractivity contribution in [1.29, 1.82) is 0 Å². The smallest absolute Gasteiger partial charge is 0.255 e. The van der Waals surface area contributed by atoms with Gasteiger partial charge in [-0.1, -0.05) is 6.07 Å². The summed E-state index contributed by atoms with van der Waals surface area (Å²) in [6, 6.07) is 14.2. The summed E-state index contributed by atoms with van der Waals surface area (Å²) in [7, 11) is 1.42. The van der Waals surface area contributed by atoms with Crippen LogP contribution in [0.3, 0.4) is 0 Å². The van der Waals surface area contributed by atoms with Crippen molar-refractivity contribution in [3.63, 3.8) is 0 Å². The number of hydrogen-bond acceptors (Lipinski definition) is 5. The van der Waals surface area contributed by atoms with E-state index in [4.69, 9.17) is 4.74 Å². The molecule has 10 heteroatoms. The van der Waals surface area contributed by atoms with Crippen molar-refractivity contribution in [3.05, 3.63) is 77.6 Å². The summed E-state index contributed by atoms with van der Waals surface area (Å²) in [4.78, 5) is 48.4. The van der Waals surface area contributed by atoms with E-state index >= 15 is 0 Å². The average molecular weight is 478 g/mol. The Morgan fingerprint density at radius 2 is 1.31 bits per heavy atom. The molecule has 4 N–H and O–H groups in total. The van der Waals surface area contributed by atoms with Gasteiger partial charge in [-0.25, -0.2) is 4.39 Å². The monoisotopic (exact) mass is 478 g/mol. The van der Waals surface area contributed by atoms with Crippen LogP contribution in [0.25, 0.3) is 0 Å². The number of halogens is 1. The molecule has 0 fully saturated rings. The quantitative estimate of drug-likeness (QED) is 0.404. The number of carbonyl (C=O) groups excluding carboxylic acids is 4. The third kappa shape index (κ3) is 6.87. The third-order valence-corrected chi connectivity index (χ3v) is 4.63. The Morgan fingerprint density at radius 1 is 0.686 bits per heavy atom. The zero-order valence-electron chi connectivity index (χ0n) is 19.2. The lowest BCUT2D eigenvalue weighted by Crippen LogP contribution is -2.16. The molecule has 0 aliphatic rings. The van der Waals surface area contributed by atoms with Crippen LogP contribution in [0.2, 0.25) is 0 Å². The number of carbonyl (C=O) groups is 4. The molecular formula is C25H23FN4O5. The van der Waals surface area contributed by atoms with Gasteiger partial charge in [-0.3, -0.25) is 19.2 Å². The minimum absolute atomic E-state index is 0.113. The second-order valence-corrected chi connectivity index (χ2v) is 7.50. The largest absolute Gasteiger partial charge is 0.495 e. The Kier molecular flexibility index (Phi) is 7.77. The number of benzene rings is 3. The fourth-order valence-electron chi connectivity index (χ4n) is 3.22. The highest BCUT2D eigenvalue weighted by atomic mass is 19.1. The van der Waals surface area contributed by atoms with Crippen LogP contribution in [-0.2, 0) is 9.59 Å². The maximum absolute atomic E-state index is 13.5. The zero-order valence-corrected chi connectivity index (χ0v) is 19.2. The van der Waals surface area contributed by atoms with Crippen LogP contribution in [0.5, 0.6) is 5.75 Å². The van der Waals surface area contributed by atoms with E-state index in [0.29, 0.717) is 22.8 Å². The predicted octanol–water partition coefficient (Wildman–Crippen LogP) is 4.26. The summed E-state index contributed by atoms with van der Waals surface area (Å²) in [5.41, 5.74) is 1.52. The first-order chi connectivity index (χ1) is 16.6. The lowest BCUT2D eigenvalue weighted by atomic mass is 10.1. The Bertz CT molecular complexity index is 1270. The lowest BCUT2D eigenvalue weighted by Gasteiger charge is -2.14. The molecule has 35 heavy (non-hydrogen) atoms. The molecule has 0 saturated carbocycles. The van der Waals surface area contributed by atoms with Crippen molar-refractivity contribution in [2.45, 2.75) is 13.8 Å². The highest BCUT2D eigenvalue weighted by molar-refractivity contribution is 6.08. The van der Waals surface area contributed by atoms with Crippen molar-refractivity contribution in [2.75, 3.05) is 28.4 Å².